The Hall–Kier alpha value is -4.54. The standard InChI is InChI=1S/C38H42ClN3O6S/c1-3-48-33-20-18-32(19-21-33)42(49(45,46)35-22-16-30(39)17-23-35)27-37(43)41(26-29-12-9-15-34(24-29)47-2)36(25-28-10-5-4-6-11-28)38(44)40-31-13-7-8-14-31/h4-6,9-12,15-24,31,36H,3,7-8,13-14,25-27H2,1-2H3,(H,40,44)/t36-/m1/s1. The molecule has 0 unspecified atom stereocenters. The molecule has 258 valence electrons. The highest BCUT2D eigenvalue weighted by atomic mass is 35.5. The number of halogens is 1. The molecule has 2 amide bonds. The third-order valence-corrected chi connectivity index (χ3v) is 10.6. The number of hydrogen-bond donors (Lipinski definition) is 1. The molecule has 0 saturated heterocycles. The Balaban J connectivity index is 1.57. The maximum Gasteiger partial charge on any atom is 0.264 e. The highest BCUT2D eigenvalue weighted by Crippen LogP contribution is 2.28. The Morgan fingerprint density at radius 2 is 1.55 bits per heavy atom. The second-order valence-electron chi connectivity index (χ2n) is 12.0. The van der Waals surface area contributed by atoms with E-state index in [9.17, 15) is 18.0 Å². The van der Waals surface area contributed by atoms with Crippen LogP contribution in [0.1, 0.15) is 43.7 Å². The Kier molecular flexibility index (Phi) is 12.2. The van der Waals surface area contributed by atoms with Crippen LogP contribution in [0.15, 0.2) is 108 Å². The quantitative estimate of drug-likeness (QED) is 0.149. The van der Waals surface area contributed by atoms with Crippen molar-refractivity contribution in [3.8, 4) is 11.5 Å². The van der Waals surface area contributed by atoms with Crippen LogP contribution in [0.5, 0.6) is 11.5 Å². The molecule has 0 aromatic heterocycles. The summed E-state index contributed by atoms with van der Waals surface area (Å²) in [6.45, 7) is 1.78. The van der Waals surface area contributed by atoms with Gasteiger partial charge in [-0.2, -0.15) is 0 Å². The van der Waals surface area contributed by atoms with E-state index in [1.165, 1.54) is 29.2 Å². The highest BCUT2D eigenvalue weighted by molar-refractivity contribution is 7.92. The summed E-state index contributed by atoms with van der Waals surface area (Å²) in [5.41, 5.74) is 1.87. The summed E-state index contributed by atoms with van der Waals surface area (Å²) in [5.74, 6) is 0.339. The molecule has 5 rings (SSSR count). The number of anilines is 1. The van der Waals surface area contributed by atoms with Gasteiger partial charge in [-0.3, -0.25) is 13.9 Å². The lowest BCUT2D eigenvalue weighted by atomic mass is 10.0. The van der Waals surface area contributed by atoms with E-state index in [4.69, 9.17) is 21.1 Å². The largest absolute Gasteiger partial charge is 0.497 e. The minimum Gasteiger partial charge on any atom is -0.497 e. The Labute approximate surface area is 293 Å². The Morgan fingerprint density at radius 1 is 0.878 bits per heavy atom. The molecule has 0 spiro atoms. The number of carbonyl (C=O) groups is 2. The molecule has 1 aliphatic carbocycles. The number of amides is 2. The molecule has 4 aromatic rings. The van der Waals surface area contributed by atoms with Crippen LogP contribution in [0.3, 0.4) is 0 Å². The average molecular weight is 704 g/mol. The molecule has 0 bridgehead atoms. The first-order valence-corrected chi connectivity index (χ1v) is 18.3. The smallest absolute Gasteiger partial charge is 0.264 e. The third kappa shape index (κ3) is 9.33. The summed E-state index contributed by atoms with van der Waals surface area (Å²) in [4.78, 5) is 30.4. The average Bonchev–Trinajstić information content (AvgIpc) is 3.63. The molecule has 4 aromatic carbocycles. The van der Waals surface area contributed by atoms with Crippen LogP contribution in [-0.4, -0.2) is 57.5 Å². The lowest BCUT2D eigenvalue weighted by molar-refractivity contribution is -0.140. The Morgan fingerprint density at radius 3 is 2.20 bits per heavy atom. The summed E-state index contributed by atoms with van der Waals surface area (Å²) in [7, 11) is -2.70. The van der Waals surface area contributed by atoms with Crippen molar-refractivity contribution in [3.63, 3.8) is 0 Å². The molecular weight excluding hydrogens is 662 g/mol. The number of hydrogen-bond acceptors (Lipinski definition) is 6. The van der Waals surface area contributed by atoms with Gasteiger partial charge in [0.1, 0.15) is 24.1 Å². The van der Waals surface area contributed by atoms with Gasteiger partial charge in [-0.1, -0.05) is 66.9 Å². The zero-order valence-electron chi connectivity index (χ0n) is 27.8. The van der Waals surface area contributed by atoms with Gasteiger partial charge < -0.3 is 19.7 Å². The van der Waals surface area contributed by atoms with E-state index in [0.717, 1.165) is 41.1 Å². The molecule has 1 fully saturated rings. The third-order valence-electron chi connectivity index (χ3n) is 8.58. The first-order chi connectivity index (χ1) is 23.7. The van der Waals surface area contributed by atoms with E-state index in [1.54, 1.807) is 37.4 Å². The molecular formula is C38H42ClN3O6S. The monoisotopic (exact) mass is 703 g/mol. The van der Waals surface area contributed by atoms with E-state index in [0.29, 0.717) is 23.1 Å². The minimum absolute atomic E-state index is 0.0187. The van der Waals surface area contributed by atoms with E-state index in [-0.39, 0.29) is 35.5 Å². The van der Waals surface area contributed by atoms with Crippen LogP contribution in [0.4, 0.5) is 5.69 Å². The van der Waals surface area contributed by atoms with Gasteiger partial charge in [0.05, 0.1) is 24.3 Å². The van der Waals surface area contributed by atoms with Crippen molar-refractivity contribution >= 4 is 39.1 Å². The summed E-state index contributed by atoms with van der Waals surface area (Å²) < 4.78 is 40.6. The van der Waals surface area contributed by atoms with Gasteiger partial charge in [0.2, 0.25) is 11.8 Å². The van der Waals surface area contributed by atoms with Gasteiger partial charge in [0.15, 0.2) is 0 Å². The first kappa shape index (κ1) is 35.8. The van der Waals surface area contributed by atoms with Crippen LogP contribution in [-0.2, 0) is 32.6 Å². The Bertz CT molecular complexity index is 1800. The van der Waals surface area contributed by atoms with Gasteiger partial charge in [0, 0.05) is 24.0 Å². The normalized spacial score (nSPS) is 13.8. The van der Waals surface area contributed by atoms with Crippen molar-refractivity contribution in [2.24, 2.45) is 0 Å². The summed E-state index contributed by atoms with van der Waals surface area (Å²) >= 11 is 6.09. The zero-order chi connectivity index (χ0) is 34.8. The number of nitrogens with zero attached hydrogens (tertiary/aromatic N) is 2. The van der Waals surface area contributed by atoms with Crippen molar-refractivity contribution < 1.29 is 27.5 Å². The van der Waals surface area contributed by atoms with Gasteiger partial charge in [0.25, 0.3) is 10.0 Å². The SMILES string of the molecule is CCOc1ccc(N(CC(=O)N(Cc2cccc(OC)c2)[C@H](Cc2ccccc2)C(=O)NC2CCCC2)S(=O)(=O)c2ccc(Cl)cc2)cc1. The van der Waals surface area contributed by atoms with Gasteiger partial charge >= 0.3 is 0 Å². The van der Waals surface area contributed by atoms with Crippen LogP contribution < -0.4 is 19.1 Å². The summed E-state index contributed by atoms with van der Waals surface area (Å²) in [6.07, 6.45) is 4.04. The highest BCUT2D eigenvalue weighted by Gasteiger charge is 2.35. The molecule has 0 heterocycles. The van der Waals surface area contributed by atoms with Crippen LogP contribution in [0.2, 0.25) is 5.02 Å². The van der Waals surface area contributed by atoms with Crippen molar-refractivity contribution in [2.75, 3.05) is 24.6 Å². The van der Waals surface area contributed by atoms with Gasteiger partial charge in [-0.25, -0.2) is 8.42 Å². The second kappa shape index (κ2) is 16.7. The van der Waals surface area contributed by atoms with Gasteiger partial charge in [-0.15, -0.1) is 0 Å². The zero-order valence-corrected chi connectivity index (χ0v) is 29.3. The number of sulfonamides is 1. The maximum atomic E-state index is 14.7. The van der Waals surface area contributed by atoms with Crippen molar-refractivity contribution in [1.82, 2.24) is 10.2 Å². The van der Waals surface area contributed by atoms with Crippen LogP contribution >= 0.6 is 11.6 Å². The topological polar surface area (TPSA) is 105 Å². The molecule has 1 atom stereocenters. The number of nitrogens with one attached hydrogen (secondary N) is 1. The van der Waals surface area contributed by atoms with E-state index < -0.39 is 28.5 Å². The fourth-order valence-corrected chi connectivity index (χ4v) is 7.57. The van der Waals surface area contributed by atoms with Crippen molar-refractivity contribution in [1.29, 1.82) is 0 Å². The van der Waals surface area contributed by atoms with E-state index >= 15 is 0 Å². The minimum atomic E-state index is -4.27. The lowest BCUT2D eigenvalue weighted by Crippen LogP contribution is -2.54. The molecule has 1 saturated carbocycles. The molecule has 1 N–H and O–H groups in total. The first-order valence-electron chi connectivity index (χ1n) is 16.5. The molecule has 9 nitrogen and oxygen atoms in total. The molecule has 1 aliphatic rings. The van der Waals surface area contributed by atoms with Crippen LogP contribution in [0.25, 0.3) is 0 Å². The molecule has 0 aliphatic heterocycles. The van der Waals surface area contributed by atoms with Crippen LogP contribution in [0, 0.1) is 0 Å². The fraction of sp³-hybridized carbons (Fsp3) is 0.316. The predicted molar refractivity (Wildman–Crippen MR) is 191 cm³/mol. The lowest BCUT2D eigenvalue weighted by Gasteiger charge is -2.34. The van der Waals surface area contributed by atoms with Crippen molar-refractivity contribution in [3.05, 3.63) is 119 Å². The summed E-state index contributed by atoms with van der Waals surface area (Å²) in [5, 5.41) is 3.57. The number of benzene rings is 4. The number of methoxy groups -OCH3 is 1. The number of carbonyl (C=O) groups excluding carboxylic acids is 2. The molecule has 0 radical (unpaired) electrons. The van der Waals surface area contributed by atoms with E-state index in [1.807, 2.05) is 55.5 Å². The molecule has 11 heteroatoms. The number of ether oxygens (including phenoxy) is 2. The predicted octanol–water partition coefficient (Wildman–Crippen LogP) is 6.64. The summed E-state index contributed by atoms with van der Waals surface area (Å²) in [6, 6.07) is 28.2. The van der Waals surface area contributed by atoms with Gasteiger partial charge in [-0.05, 0) is 91.6 Å². The van der Waals surface area contributed by atoms with E-state index in [2.05, 4.69) is 5.32 Å². The second-order valence-corrected chi connectivity index (χ2v) is 14.3. The molecule has 49 heavy (non-hydrogen) atoms. The van der Waals surface area contributed by atoms with Crippen molar-refractivity contribution in [2.45, 2.75) is 62.6 Å². The number of rotatable bonds is 15. The maximum absolute atomic E-state index is 14.7. The fourth-order valence-electron chi connectivity index (χ4n) is 6.03.